The van der Waals surface area contributed by atoms with E-state index in [9.17, 15) is 5.11 Å². The molecule has 0 aliphatic heterocycles. The van der Waals surface area contributed by atoms with Crippen LogP contribution in [-0.2, 0) is 6.42 Å². The summed E-state index contributed by atoms with van der Waals surface area (Å²) in [5, 5.41) is 10.9. The third-order valence-electron chi connectivity index (χ3n) is 4.33. The van der Waals surface area contributed by atoms with E-state index >= 15 is 0 Å². The van der Waals surface area contributed by atoms with Crippen molar-refractivity contribution in [2.75, 3.05) is 0 Å². The SMILES string of the molecule is O[C@@]1(Cc2ccccn2)CCC[C@@H](c2ccccc2)C1. The highest BCUT2D eigenvalue weighted by atomic mass is 16.3. The second kappa shape index (κ2) is 5.76. The van der Waals surface area contributed by atoms with Gasteiger partial charge in [-0.05, 0) is 49.3 Å². The predicted octanol–water partition coefficient (Wildman–Crippen LogP) is 3.71. The number of aliphatic hydroxyl groups is 1. The minimum absolute atomic E-state index is 0.471. The molecule has 3 rings (SSSR count). The van der Waals surface area contributed by atoms with Gasteiger partial charge in [0, 0.05) is 18.3 Å². The number of hydrogen-bond donors (Lipinski definition) is 1. The summed E-state index contributed by atoms with van der Waals surface area (Å²) >= 11 is 0. The molecular formula is C18H21NO. The van der Waals surface area contributed by atoms with Crippen LogP contribution in [0, 0.1) is 0 Å². The van der Waals surface area contributed by atoms with Crippen LogP contribution in [0.2, 0.25) is 0 Å². The van der Waals surface area contributed by atoms with Crippen LogP contribution >= 0.6 is 0 Å². The molecule has 1 aliphatic rings. The van der Waals surface area contributed by atoms with Crippen molar-refractivity contribution in [3.63, 3.8) is 0 Å². The van der Waals surface area contributed by atoms with E-state index in [0.717, 1.165) is 25.0 Å². The van der Waals surface area contributed by atoms with Gasteiger partial charge in [0.1, 0.15) is 0 Å². The first-order valence-corrected chi connectivity index (χ1v) is 7.42. The van der Waals surface area contributed by atoms with Crippen LogP contribution in [0.4, 0.5) is 0 Å². The molecule has 2 atom stereocenters. The summed E-state index contributed by atoms with van der Waals surface area (Å²) in [7, 11) is 0. The smallest absolute Gasteiger partial charge is 0.0708 e. The first kappa shape index (κ1) is 13.3. The molecule has 1 aromatic heterocycles. The van der Waals surface area contributed by atoms with Crippen molar-refractivity contribution in [1.82, 2.24) is 4.98 Å². The molecule has 2 aromatic rings. The van der Waals surface area contributed by atoms with Crippen LogP contribution in [0.5, 0.6) is 0 Å². The monoisotopic (exact) mass is 267 g/mol. The molecule has 0 unspecified atom stereocenters. The maximum absolute atomic E-state index is 10.9. The van der Waals surface area contributed by atoms with Crippen LogP contribution < -0.4 is 0 Å². The summed E-state index contributed by atoms with van der Waals surface area (Å²) in [6, 6.07) is 16.5. The van der Waals surface area contributed by atoms with Gasteiger partial charge in [-0.25, -0.2) is 0 Å². The van der Waals surface area contributed by atoms with Gasteiger partial charge in [-0.3, -0.25) is 4.98 Å². The van der Waals surface area contributed by atoms with E-state index in [1.54, 1.807) is 6.20 Å². The van der Waals surface area contributed by atoms with Crippen molar-refractivity contribution in [3.05, 3.63) is 66.0 Å². The van der Waals surface area contributed by atoms with Crippen molar-refractivity contribution < 1.29 is 5.11 Å². The van der Waals surface area contributed by atoms with Crippen LogP contribution in [-0.4, -0.2) is 15.7 Å². The fourth-order valence-electron chi connectivity index (χ4n) is 3.35. The molecule has 0 radical (unpaired) electrons. The van der Waals surface area contributed by atoms with Crippen molar-refractivity contribution in [2.45, 2.75) is 43.6 Å². The zero-order valence-corrected chi connectivity index (χ0v) is 11.7. The highest BCUT2D eigenvalue weighted by Gasteiger charge is 2.35. The standard InChI is InChI=1S/C18H21NO/c20-18(14-17-10-4-5-12-19-17)11-6-9-16(13-18)15-7-2-1-3-8-15/h1-5,7-8,10,12,16,20H,6,9,11,13-14H2/t16-,18+/m1/s1. The average molecular weight is 267 g/mol. The van der Waals surface area contributed by atoms with Crippen LogP contribution in [0.1, 0.15) is 42.9 Å². The summed E-state index contributed by atoms with van der Waals surface area (Å²) in [4.78, 5) is 4.36. The molecule has 104 valence electrons. The Hall–Kier alpha value is -1.67. The zero-order valence-electron chi connectivity index (χ0n) is 11.7. The number of rotatable bonds is 3. The third-order valence-corrected chi connectivity index (χ3v) is 4.33. The van der Waals surface area contributed by atoms with Crippen LogP contribution in [0.15, 0.2) is 54.7 Å². The molecule has 1 aliphatic carbocycles. The second-order valence-electron chi connectivity index (χ2n) is 5.93. The maximum atomic E-state index is 10.9. The normalized spacial score (nSPS) is 26.4. The summed E-state index contributed by atoms with van der Waals surface area (Å²) in [6.07, 6.45) is 6.45. The zero-order chi connectivity index (χ0) is 13.8. The topological polar surface area (TPSA) is 33.1 Å². The number of aromatic nitrogens is 1. The van der Waals surface area contributed by atoms with E-state index < -0.39 is 5.60 Å². The van der Waals surface area contributed by atoms with E-state index in [2.05, 4.69) is 29.2 Å². The van der Waals surface area contributed by atoms with Gasteiger partial charge < -0.3 is 5.11 Å². The van der Waals surface area contributed by atoms with Gasteiger partial charge >= 0.3 is 0 Å². The first-order valence-electron chi connectivity index (χ1n) is 7.42. The van der Waals surface area contributed by atoms with Crippen molar-refractivity contribution >= 4 is 0 Å². The molecule has 1 saturated carbocycles. The number of pyridine rings is 1. The Kier molecular flexibility index (Phi) is 3.83. The lowest BCUT2D eigenvalue weighted by atomic mass is 9.73. The molecule has 2 nitrogen and oxygen atoms in total. The fraction of sp³-hybridized carbons (Fsp3) is 0.389. The van der Waals surface area contributed by atoms with Gasteiger partial charge in [-0.2, -0.15) is 0 Å². The largest absolute Gasteiger partial charge is 0.389 e. The average Bonchev–Trinajstić information content (AvgIpc) is 2.49. The first-order chi connectivity index (χ1) is 9.75. The fourth-order valence-corrected chi connectivity index (χ4v) is 3.35. The van der Waals surface area contributed by atoms with Gasteiger partial charge in [0.25, 0.3) is 0 Å². The lowest BCUT2D eigenvalue weighted by Gasteiger charge is -2.37. The summed E-state index contributed by atoms with van der Waals surface area (Å²) in [5.41, 5.74) is 1.74. The maximum Gasteiger partial charge on any atom is 0.0708 e. The van der Waals surface area contributed by atoms with E-state index in [-0.39, 0.29) is 0 Å². The Balaban J connectivity index is 1.74. The van der Waals surface area contributed by atoms with Gasteiger partial charge in [-0.1, -0.05) is 36.4 Å². The number of nitrogens with zero attached hydrogens (tertiary/aromatic N) is 1. The van der Waals surface area contributed by atoms with Gasteiger partial charge in [0.2, 0.25) is 0 Å². The van der Waals surface area contributed by atoms with E-state index in [0.29, 0.717) is 12.3 Å². The molecule has 0 bridgehead atoms. The quantitative estimate of drug-likeness (QED) is 0.919. The predicted molar refractivity (Wildman–Crippen MR) is 80.5 cm³/mol. The van der Waals surface area contributed by atoms with Crippen LogP contribution in [0.25, 0.3) is 0 Å². The Morgan fingerprint density at radius 1 is 1.10 bits per heavy atom. The van der Waals surface area contributed by atoms with Crippen LogP contribution in [0.3, 0.4) is 0 Å². The van der Waals surface area contributed by atoms with E-state index in [1.165, 1.54) is 12.0 Å². The summed E-state index contributed by atoms with van der Waals surface area (Å²) in [6.45, 7) is 0. The van der Waals surface area contributed by atoms with Crippen molar-refractivity contribution in [3.8, 4) is 0 Å². The molecule has 1 aromatic carbocycles. The highest BCUT2D eigenvalue weighted by Crippen LogP contribution is 2.39. The van der Waals surface area contributed by atoms with Gasteiger partial charge in [0.05, 0.1) is 5.60 Å². The van der Waals surface area contributed by atoms with Gasteiger partial charge in [-0.15, -0.1) is 0 Å². The molecule has 0 amide bonds. The molecule has 0 saturated heterocycles. The number of benzene rings is 1. The molecule has 1 fully saturated rings. The third kappa shape index (κ3) is 3.07. The summed E-state index contributed by atoms with van der Waals surface area (Å²) in [5.74, 6) is 0.471. The van der Waals surface area contributed by atoms with Gasteiger partial charge in [0.15, 0.2) is 0 Å². The molecule has 2 heteroatoms. The molecule has 1 heterocycles. The Morgan fingerprint density at radius 2 is 1.90 bits per heavy atom. The molecule has 0 spiro atoms. The Bertz CT molecular complexity index is 540. The Morgan fingerprint density at radius 3 is 2.65 bits per heavy atom. The minimum atomic E-state index is -0.604. The lowest BCUT2D eigenvalue weighted by Crippen LogP contribution is -2.37. The van der Waals surface area contributed by atoms with E-state index in [4.69, 9.17) is 0 Å². The molecule has 20 heavy (non-hydrogen) atoms. The highest BCUT2D eigenvalue weighted by molar-refractivity contribution is 5.21. The molecular weight excluding hydrogens is 246 g/mol. The second-order valence-corrected chi connectivity index (χ2v) is 5.93. The Labute approximate surface area is 120 Å². The minimum Gasteiger partial charge on any atom is -0.389 e. The van der Waals surface area contributed by atoms with Crippen molar-refractivity contribution in [2.24, 2.45) is 0 Å². The van der Waals surface area contributed by atoms with E-state index in [1.807, 2.05) is 24.3 Å². The lowest BCUT2D eigenvalue weighted by molar-refractivity contribution is -0.00386. The number of hydrogen-bond acceptors (Lipinski definition) is 2. The summed E-state index contributed by atoms with van der Waals surface area (Å²) < 4.78 is 0. The van der Waals surface area contributed by atoms with Crippen molar-refractivity contribution in [1.29, 1.82) is 0 Å². The molecule has 1 N–H and O–H groups in total.